The van der Waals surface area contributed by atoms with Crippen LogP contribution in [0.25, 0.3) is 0 Å². The van der Waals surface area contributed by atoms with Gasteiger partial charge in [-0.1, -0.05) is 12.1 Å². The molecule has 5 atom stereocenters. The normalized spacial score (nSPS) is 28.9. The number of ether oxygens (including phenoxy) is 1. The van der Waals surface area contributed by atoms with Gasteiger partial charge >= 0.3 is 11.6 Å². The minimum Gasteiger partial charge on any atom is -0.508 e. The second-order valence-electron chi connectivity index (χ2n) is 7.61. The molecule has 176 valence electrons. The zero-order valence-electron chi connectivity index (χ0n) is 17.0. The van der Waals surface area contributed by atoms with E-state index >= 15 is 0 Å². The number of nitrogens with zero attached hydrogens (tertiary/aromatic N) is 3. The molecule has 1 aromatic heterocycles. The summed E-state index contributed by atoms with van der Waals surface area (Å²) in [5.74, 6) is -3.84. The van der Waals surface area contributed by atoms with Gasteiger partial charge < -0.3 is 41.2 Å². The van der Waals surface area contributed by atoms with Crippen molar-refractivity contribution in [1.29, 1.82) is 0 Å². The molecule has 1 aliphatic rings. The lowest BCUT2D eigenvalue weighted by Crippen LogP contribution is -2.68. The number of phenolic OH excluding ortho intramolecular Hbond substituents is 1. The number of aromatic hydroxyl groups is 1. The maximum atomic E-state index is 13.5. The van der Waals surface area contributed by atoms with Crippen LogP contribution in [0, 0.1) is 0 Å². The summed E-state index contributed by atoms with van der Waals surface area (Å²) in [4.78, 5) is 16.0. The molecule has 2 aromatic rings. The van der Waals surface area contributed by atoms with Crippen LogP contribution in [0.2, 0.25) is 0 Å². The average Bonchev–Trinajstić information content (AvgIpc) is 2.93. The quantitative estimate of drug-likeness (QED) is 0.187. The van der Waals surface area contributed by atoms with Gasteiger partial charge in [0.1, 0.15) is 29.9 Å². The fourth-order valence-corrected chi connectivity index (χ4v) is 3.64. The highest BCUT2D eigenvalue weighted by Crippen LogP contribution is 2.44. The van der Waals surface area contributed by atoms with Gasteiger partial charge in [-0.2, -0.15) is 0 Å². The first-order chi connectivity index (χ1) is 15.0. The number of aliphatic hydroxyl groups excluding tert-OH is 2. The van der Waals surface area contributed by atoms with Crippen molar-refractivity contribution in [3.63, 3.8) is 0 Å². The third-order valence-corrected chi connectivity index (χ3v) is 5.30. The van der Waals surface area contributed by atoms with E-state index in [9.17, 15) is 39.9 Å². The number of phenols is 1. The van der Waals surface area contributed by atoms with Crippen molar-refractivity contribution < 1.29 is 39.9 Å². The van der Waals surface area contributed by atoms with Crippen LogP contribution in [0.3, 0.4) is 0 Å². The Labute approximate surface area is 181 Å². The van der Waals surface area contributed by atoms with Crippen LogP contribution in [-0.2, 0) is 23.6 Å². The topological polar surface area (TPSA) is 195 Å². The van der Waals surface area contributed by atoms with E-state index in [0.717, 1.165) is 6.20 Å². The summed E-state index contributed by atoms with van der Waals surface area (Å²) in [6.07, 6.45) is -4.50. The number of nitrogens with two attached hydrogens (primary N) is 1. The Bertz CT molecular complexity index is 1020. The first kappa shape index (κ1) is 24.0. The summed E-state index contributed by atoms with van der Waals surface area (Å²) in [5, 5.41) is 63.0. The Balaban J connectivity index is 2.14. The predicted octanol–water partition coefficient (Wildman–Crippen LogP) is -1.63. The standard InChI is InChI=1S/C19H25FN4O8/c1-10(20)6-12-7-22-17(28)24(16(12)21)19(30)18(29,15(27)14(9-25)32-19)23(31)8-11-2-4-13(26)5-3-11/h2-5,7,10,14-15,25-27,29-31H,6,8-9,21H2,1H3/t10?,14-,15-,18-,19-/m1/s1. The maximum absolute atomic E-state index is 13.5. The number of benzene rings is 1. The molecular weight excluding hydrogens is 431 g/mol. The zero-order valence-corrected chi connectivity index (χ0v) is 17.0. The summed E-state index contributed by atoms with van der Waals surface area (Å²) in [6, 6.07) is 5.37. The number of anilines is 1. The first-order valence-electron chi connectivity index (χ1n) is 9.62. The molecule has 32 heavy (non-hydrogen) atoms. The van der Waals surface area contributed by atoms with Gasteiger partial charge in [-0.05, 0) is 24.6 Å². The number of alkyl halides is 1. The van der Waals surface area contributed by atoms with Gasteiger partial charge in [0.2, 0.25) is 5.72 Å². The third kappa shape index (κ3) is 3.84. The molecule has 0 bridgehead atoms. The van der Waals surface area contributed by atoms with Crippen LogP contribution in [0.5, 0.6) is 5.75 Å². The molecule has 0 aliphatic carbocycles. The number of hydrogen-bond donors (Lipinski definition) is 7. The van der Waals surface area contributed by atoms with E-state index in [-0.39, 0.29) is 27.4 Å². The Hall–Kier alpha value is -2.65. The Morgan fingerprint density at radius 3 is 2.53 bits per heavy atom. The number of nitrogen functional groups attached to an aromatic ring is 1. The zero-order chi connectivity index (χ0) is 23.8. The lowest BCUT2D eigenvalue weighted by Gasteiger charge is -2.42. The van der Waals surface area contributed by atoms with Gasteiger partial charge in [0.05, 0.1) is 13.2 Å². The summed E-state index contributed by atoms with van der Waals surface area (Å²) in [7, 11) is 0. The lowest BCUT2D eigenvalue weighted by atomic mass is 9.99. The van der Waals surface area contributed by atoms with Crippen LogP contribution in [0.1, 0.15) is 18.1 Å². The number of aliphatic hydroxyl groups is 4. The molecule has 13 heteroatoms. The molecule has 1 saturated heterocycles. The SMILES string of the molecule is CC(F)Cc1cnc(=O)n([C@]2(O)O[C@H](CO)[C@@H](O)[C@]2(O)N(O)Cc2ccc(O)cc2)c1N. The van der Waals surface area contributed by atoms with Crippen molar-refractivity contribution in [2.24, 2.45) is 0 Å². The molecule has 8 N–H and O–H groups in total. The molecule has 1 aromatic carbocycles. The van der Waals surface area contributed by atoms with Crippen LogP contribution >= 0.6 is 0 Å². The summed E-state index contributed by atoms with van der Waals surface area (Å²) in [6.45, 7) is -0.215. The Kier molecular flexibility index (Phi) is 6.53. The van der Waals surface area contributed by atoms with E-state index in [4.69, 9.17) is 10.5 Å². The van der Waals surface area contributed by atoms with Gasteiger partial charge in [-0.3, -0.25) is 0 Å². The number of hydrogen-bond acceptors (Lipinski definition) is 11. The predicted molar refractivity (Wildman–Crippen MR) is 106 cm³/mol. The Morgan fingerprint density at radius 2 is 1.97 bits per heavy atom. The maximum Gasteiger partial charge on any atom is 0.353 e. The highest BCUT2D eigenvalue weighted by Gasteiger charge is 2.70. The highest BCUT2D eigenvalue weighted by atomic mass is 19.1. The molecule has 1 aliphatic heterocycles. The Morgan fingerprint density at radius 1 is 1.34 bits per heavy atom. The van der Waals surface area contributed by atoms with Crippen LogP contribution in [-0.4, -0.2) is 76.1 Å². The second-order valence-corrected chi connectivity index (χ2v) is 7.61. The van der Waals surface area contributed by atoms with Crippen molar-refractivity contribution >= 4 is 5.82 Å². The molecule has 0 radical (unpaired) electrons. The van der Waals surface area contributed by atoms with Gasteiger partial charge in [0.15, 0.2) is 0 Å². The minimum atomic E-state index is -3.24. The first-order valence-corrected chi connectivity index (χ1v) is 9.62. The van der Waals surface area contributed by atoms with Gasteiger partial charge in [-0.25, -0.2) is 18.7 Å². The van der Waals surface area contributed by atoms with Crippen molar-refractivity contribution in [1.82, 2.24) is 14.6 Å². The molecule has 2 heterocycles. The molecule has 3 rings (SSSR count). The van der Waals surface area contributed by atoms with Crippen molar-refractivity contribution in [2.45, 2.75) is 49.9 Å². The van der Waals surface area contributed by atoms with E-state index in [2.05, 4.69) is 4.98 Å². The molecule has 0 saturated carbocycles. The second kappa shape index (κ2) is 8.71. The van der Waals surface area contributed by atoms with Gasteiger partial charge in [0.25, 0.3) is 0 Å². The minimum absolute atomic E-state index is 0.0102. The molecule has 0 spiro atoms. The van der Waals surface area contributed by atoms with Crippen LogP contribution in [0.15, 0.2) is 35.3 Å². The molecule has 1 unspecified atom stereocenters. The van der Waals surface area contributed by atoms with Crippen LogP contribution < -0.4 is 11.4 Å². The monoisotopic (exact) mass is 456 g/mol. The van der Waals surface area contributed by atoms with E-state index in [1.165, 1.54) is 31.2 Å². The van der Waals surface area contributed by atoms with Crippen molar-refractivity contribution in [2.75, 3.05) is 12.3 Å². The number of rotatable bonds is 7. The summed E-state index contributed by atoms with van der Waals surface area (Å²) in [5.41, 5.74) is 1.89. The smallest absolute Gasteiger partial charge is 0.353 e. The van der Waals surface area contributed by atoms with E-state index in [0.29, 0.717) is 5.56 Å². The number of aromatic nitrogens is 2. The van der Waals surface area contributed by atoms with E-state index in [1.807, 2.05) is 0 Å². The summed E-state index contributed by atoms with van der Waals surface area (Å²) < 4.78 is 19.1. The van der Waals surface area contributed by atoms with Gasteiger partial charge in [-0.15, -0.1) is 5.06 Å². The number of halogens is 1. The molecule has 0 amide bonds. The van der Waals surface area contributed by atoms with E-state index < -0.39 is 54.7 Å². The van der Waals surface area contributed by atoms with Crippen molar-refractivity contribution in [3.05, 3.63) is 52.1 Å². The molecule has 1 fully saturated rings. The largest absolute Gasteiger partial charge is 0.508 e. The van der Waals surface area contributed by atoms with Gasteiger partial charge in [0, 0.05) is 18.2 Å². The fourth-order valence-electron chi connectivity index (χ4n) is 3.64. The average molecular weight is 456 g/mol. The van der Waals surface area contributed by atoms with Crippen molar-refractivity contribution in [3.8, 4) is 5.75 Å². The third-order valence-electron chi connectivity index (χ3n) is 5.30. The van der Waals surface area contributed by atoms with Crippen LogP contribution in [0.4, 0.5) is 10.2 Å². The lowest BCUT2D eigenvalue weighted by molar-refractivity contribution is -0.413. The highest BCUT2D eigenvalue weighted by molar-refractivity contribution is 5.40. The summed E-state index contributed by atoms with van der Waals surface area (Å²) >= 11 is 0. The van der Waals surface area contributed by atoms with E-state index in [1.54, 1.807) is 0 Å². The fraction of sp³-hybridized carbons (Fsp3) is 0.474. The molecule has 12 nitrogen and oxygen atoms in total. The molecular formula is C19H25FN4O8. The number of hydroxylamine groups is 2.